The zero-order valence-corrected chi connectivity index (χ0v) is 8.90. The molecule has 0 amide bonds. The summed E-state index contributed by atoms with van der Waals surface area (Å²) in [4.78, 5) is 2.26. The van der Waals surface area contributed by atoms with Gasteiger partial charge in [-0.2, -0.15) is 0 Å². The number of hydrogen-bond donors (Lipinski definition) is 2. The number of nitrogens with zero attached hydrogens (tertiary/aromatic N) is 1. The number of thiocarbonyl (C=S) groups is 1. The molecule has 1 heterocycles. The van der Waals surface area contributed by atoms with Crippen LogP contribution in [0, 0.1) is 11.8 Å². The van der Waals surface area contributed by atoms with Crippen molar-refractivity contribution in [3.8, 4) is 11.8 Å². The first-order valence-electron chi connectivity index (χ1n) is 4.58. The third kappa shape index (κ3) is 5.02. The predicted octanol–water partition coefficient (Wildman–Crippen LogP) is -0.845. The highest BCUT2D eigenvalue weighted by atomic mass is 32.1. The Labute approximate surface area is 89.8 Å². The molecule has 0 spiro atoms. The first-order valence-corrected chi connectivity index (χ1v) is 4.99. The summed E-state index contributed by atoms with van der Waals surface area (Å²) in [5.41, 5.74) is 5.24. The van der Waals surface area contributed by atoms with Crippen molar-refractivity contribution in [2.75, 3.05) is 39.4 Å². The van der Waals surface area contributed by atoms with Gasteiger partial charge in [-0.1, -0.05) is 11.8 Å². The van der Waals surface area contributed by atoms with Crippen LogP contribution in [0.25, 0.3) is 0 Å². The topological polar surface area (TPSA) is 50.5 Å². The lowest BCUT2D eigenvalue weighted by atomic mass is 10.4. The minimum absolute atomic E-state index is 0.297. The van der Waals surface area contributed by atoms with Gasteiger partial charge in [0.1, 0.15) is 0 Å². The van der Waals surface area contributed by atoms with E-state index in [0.717, 1.165) is 32.8 Å². The van der Waals surface area contributed by atoms with Crippen LogP contribution in [0.3, 0.4) is 0 Å². The molecule has 5 heteroatoms. The monoisotopic (exact) mass is 213 g/mol. The van der Waals surface area contributed by atoms with E-state index in [1.165, 1.54) is 0 Å². The molecule has 0 bridgehead atoms. The summed E-state index contributed by atoms with van der Waals surface area (Å²) >= 11 is 4.64. The quantitative estimate of drug-likeness (QED) is 0.462. The van der Waals surface area contributed by atoms with Crippen LogP contribution in [0.1, 0.15) is 0 Å². The molecule has 0 saturated carbocycles. The van der Waals surface area contributed by atoms with Crippen LogP contribution in [-0.4, -0.2) is 49.4 Å². The van der Waals surface area contributed by atoms with Crippen LogP contribution in [0.4, 0.5) is 0 Å². The number of nitrogens with one attached hydrogen (secondary N) is 1. The smallest absolute Gasteiger partial charge is 0.164 e. The molecule has 0 unspecified atom stereocenters. The van der Waals surface area contributed by atoms with Gasteiger partial charge in [-0.15, -0.1) is 0 Å². The largest absolute Gasteiger partial charge is 0.379 e. The molecule has 1 aliphatic heterocycles. The van der Waals surface area contributed by atoms with Crippen LogP contribution in [0.5, 0.6) is 0 Å². The van der Waals surface area contributed by atoms with Gasteiger partial charge < -0.3 is 15.8 Å². The fraction of sp³-hybridized carbons (Fsp3) is 0.667. The number of hydrogen-bond acceptors (Lipinski definition) is 3. The zero-order chi connectivity index (χ0) is 10.2. The van der Waals surface area contributed by atoms with E-state index in [0.29, 0.717) is 11.7 Å². The first-order chi connectivity index (χ1) is 6.79. The average molecular weight is 213 g/mol. The molecule has 1 fully saturated rings. The van der Waals surface area contributed by atoms with E-state index in [-0.39, 0.29) is 0 Å². The zero-order valence-electron chi connectivity index (χ0n) is 8.08. The fourth-order valence-corrected chi connectivity index (χ4v) is 1.19. The van der Waals surface area contributed by atoms with Crippen LogP contribution >= 0.6 is 12.2 Å². The fourth-order valence-electron chi connectivity index (χ4n) is 1.12. The van der Waals surface area contributed by atoms with Crippen molar-refractivity contribution in [2.45, 2.75) is 0 Å². The Balaban J connectivity index is 2.08. The van der Waals surface area contributed by atoms with Gasteiger partial charge in [0.05, 0.1) is 26.3 Å². The van der Waals surface area contributed by atoms with Gasteiger partial charge >= 0.3 is 0 Å². The van der Waals surface area contributed by atoms with E-state index in [4.69, 9.17) is 10.5 Å². The molecule has 14 heavy (non-hydrogen) atoms. The lowest BCUT2D eigenvalue weighted by Crippen LogP contribution is -2.36. The SMILES string of the molecule is NC(=S)NCC#CCN1CCOCC1. The molecule has 78 valence electrons. The summed E-state index contributed by atoms with van der Waals surface area (Å²) in [5, 5.41) is 3.07. The standard InChI is InChI=1S/C9H15N3OS/c10-9(14)11-3-1-2-4-12-5-7-13-8-6-12/h3-8H2,(H3,10,11,14). The molecular formula is C9H15N3OS. The van der Waals surface area contributed by atoms with Crippen molar-refractivity contribution in [3.05, 3.63) is 0 Å². The predicted molar refractivity (Wildman–Crippen MR) is 59.8 cm³/mol. The Bertz CT molecular complexity index is 240. The number of nitrogens with two attached hydrogens (primary N) is 1. The maximum absolute atomic E-state index is 5.24. The summed E-state index contributed by atoms with van der Waals surface area (Å²) in [6.45, 7) is 4.89. The van der Waals surface area contributed by atoms with E-state index in [2.05, 4.69) is 34.3 Å². The Kier molecular flexibility index (Phi) is 5.30. The summed E-state index contributed by atoms with van der Waals surface area (Å²) in [6.07, 6.45) is 0. The number of ether oxygens (including phenoxy) is 1. The lowest BCUT2D eigenvalue weighted by Gasteiger charge is -2.24. The highest BCUT2D eigenvalue weighted by Crippen LogP contribution is 1.94. The second-order valence-corrected chi connectivity index (χ2v) is 3.40. The molecule has 0 aromatic carbocycles. The third-order valence-corrected chi connectivity index (χ3v) is 2.03. The van der Waals surface area contributed by atoms with Gasteiger partial charge in [0.15, 0.2) is 5.11 Å². The Hall–Kier alpha value is -0.830. The van der Waals surface area contributed by atoms with Crippen molar-refractivity contribution in [1.29, 1.82) is 0 Å². The molecule has 1 saturated heterocycles. The Morgan fingerprint density at radius 2 is 2.14 bits per heavy atom. The molecular weight excluding hydrogens is 198 g/mol. The van der Waals surface area contributed by atoms with Crippen LogP contribution in [0.15, 0.2) is 0 Å². The number of morpholine rings is 1. The van der Waals surface area contributed by atoms with Crippen LogP contribution in [-0.2, 0) is 4.74 Å². The minimum Gasteiger partial charge on any atom is -0.379 e. The van der Waals surface area contributed by atoms with Gasteiger partial charge in [0.25, 0.3) is 0 Å². The molecule has 0 radical (unpaired) electrons. The van der Waals surface area contributed by atoms with Crippen molar-refractivity contribution < 1.29 is 4.74 Å². The maximum atomic E-state index is 5.24. The minimum atomic E-state index is 0.297. The van der Waals surface area contributed by atoms with Crippen molar-refractivity contribution in [1.82, 2.24) is 10.2 Å². The van der Waals surface area contributed by atoms with Crippen LogP contribution < -0.4 is 11.1 Å². The Morgan fingerprint density at radius 3 is 2.79 bits per heavy atom. The molecule has 0 aromatic heterocycles. The molecule has 0 aliphatic carbocycles. The highest BCUT2D eigenvalue weighted by Gasteiger charge is 2.07. The summed E-state index contributed by atoms with van der Waals surface area (Å²) in [7, 11) is 0. The van der Waals surface area contributed by atoms with E-state index in [1.807, 2.05) is 0 Å². The third-order valence-electron chi connectivity index (χ3n) is 1.88. The Morgan fingerprint density at radius 1 is 1.43 bits per heavy atom. The average Bonchev–Trinajstić information content (AvgIpc) is 2.18. The van der Waals surface area contributed by atoms with Gasteiger partial charge in [-0.05, 0) is 12.2 Å². The second-order valence-electron chi connectivity index (χ2n) is 2.96. The molecule has 0 aromatic rings. The molecule has 1 aliphatic rings. The van der Waals surface area contributed by atoms with Gasteiger partial charge in [-0.25, -0.2) is 0 Å². The normalized spacial score (nSPS) is 16.9. The van der Waals surface area contributed by atoms with E-state index in [9.17, 15) is 0 Å². The van der Waals surface area contributed by atoms with Crippen molar-refractivity contribution in [2.24, 2.45) is 5.73 Å². The lowest BCUT2D eigenvalue weighted by molar-refractivity contribution is 0.0443. The summed E-state index contributed by atoms with van der Waals surface area (Å²) in [6, 6.07) is 0. The molecule has 1 rings (SSSR count). The maximum Gasteiger partial charge on any atom is 0.164 e. The van der Waals surface area contributed by atoms with Crippen LogP contribution in [0.2, 0.25) is 0 Å². The second kappa shape index (κ2) is 6.60. The molecule has 0 atom stereocenters. The van der Waals surface area contributed by atoms with Crippen molar-refractivity contribution in [3.63, 3.8) is 0 Å². The highest BCUT2D eigenvalue weighted by molar-refractivity contribution is 7.80. The van der Waals surface area contributed by atoms with E-state index in [1.54, 1.807) is 0 Å². The molecule has 3 N–H and O–H groups in total. The first kappa shape index (κ1) is 11.2. The number of rotatable bonds is 2. The van der Waals surface area contributed by atoms with E-state index < -0.39 is 0 Å². The van der Waals surface area contributed by atoms with Gasteiger partial charge in [0, 0.05) is 13.1 Å². The van der Waals surface area contributed by atoms with Gasteiger partial charge in [0.2, 0.25) is 0 Å². The summed E-state index contributed by atoms with van der Waals surface area (Å²) < 4.78 is 5.22. The summed E-state index contributed by atoms with van der Waals surface area (Å²) in [5.74, 6) is 6.01. The van der Waals surface area contributed by atoms with Crippen molar-refractivity contribution >= 4 is 17.3 Å². The van der Waals surface area contributed by atoms with Gasteiger partial charge in [-0.3, -0.25) is 4.90 Å². The van der Waals surface area contributed by atoms with E-state index >= 15 is 0 Å². The molecule has 4 nitrogen and oxygen atoms in total.